The summed E-state index contributed by atoms with van der Waals surface area (Å²) in [5, 5.41) is 12.7. The van der Waals surface area contributed by atoms with Crippen molar-refractivity contribution < 1.29 is 5.11 Å². The van der Waals surface area contributed by atoms with E-state index in [1.807, 2.05) is 11.8 Å². The van der Waals surface area contributed by atoms with Gasteiger partial charge in [-0.2, -0.15) is 11.8 Å². The van der Waals surface area contributed by atoms with Crippen LogP contribution >= 0.6 is 11.8 Å². The predicted molar refractivity (Wildman–Crippen MR) is 61.4 cm³/mol. The highest BCUT2D eigenvalue weighted by atomic mass is 32.2. The maximum Gasteiger partial charge on any atom is 0.0547 e. The second kappa shape index (κ2) is 8.85. The summed E-state index contributed by atoms with van der Waals surface area (Å²) in [4.78, 5) is 0. The van der Waals surface area contributed by atoms with Crippen LogP contribution in [-0.2, 0) is 0 Å². The average molecular weight is 205 g/mol. The van der Waals surface area contributed by atoms with Crippen LogP contribution in [0, 0.1) is 0 Å². The predicted octanol–water partition coefficient (Wildman–Crippen LogP) is 1.88. The van der Waals surface area contributed by atoms with Crippen LogP contribution in [0.3, 0.4) is 0 Å². The van der Waals surface area contributed by atoms with Gasteiger partial charge in [-0.3, -0.25) is 0 Å². The zero-order valence-electron chi connectivity index (χ0n) is 9.05. The van der Waals surface area contributed by atoms with Gasteiger partial charge in [-0.15, -0.1) is 0 Å². The molecule has 0 saturated heterocycles. The van der Waals surface area contributed by atoms with Crippen molar-refractivity contribution in [3.8, 4) is 0 Å². The van der Waals surface area contributed by atoms with E-state index in [9.17, 15) is 0 Å². The lowest BCUT2D eigenvalue weighted by atomic mass is 10.2. The van der Waals surface area contributed by atoms with Crippen molar-refractivity contribution in [1.29, 1.82) is 0 Å². The average Bonchev–Trinajstić information content (AvgIpc) is 2.17. The summed E-state index contributed by atoms with van der Waals surface area (Å²) in [6.07, 6.45) is 2.36. The Hall–Kier alpha value is 0.270. The Morgan fingerprint density at radius 2 is 2.08 bits per heavy atom. The molecule has 0 aliphatic rings. The summed E-state index contributed by atoms with van der Waals surface area (Å²) in [7, 11) is 0. The molecule has 0 amide bonds. The van der Waals surface area contributed by atoms with Crippen LogP contribution in [0.1, 0.15) is 33.6 Å². The van der Waals surface area contributed by atoms with E-state index in [4.69, 9.17) is 5.11 Å². The lowest BCUT2D eigenvalue weighted by molar-refractivity contribution is 0.300. The Balaban J connectivity index is 3.46. The van der Waals surface area contributed by atoms with Crippen molar-refractivity contribution in [2.24, 2.45) is 0 Å². The Bertz CT molecular complexity index is 111. The lowest BCUT2D eigenvalue weighted by Gasteiger charge is -2.17. The van der Waals surface area contributed by atoms with Gasteiger partial charge in [0.05, 0.1) is 6.61 Å². The first-order chi connectivity index (χ1) is 6.24. The number of hydrogen-bond acceptors (Lipinski definition) is 3. The molecule has 2 unspecified atom stereocenters. The van der Waals surface area contributed by atoms with Gasteiger partial charge < -0.3 is 10.4 Å². The molecule has 3 heteroatoms. The summed E-state index contributed by atoms with van der Waals surface area (Å²) < 4.78 is 0. The van der Waals surface area contributed by atoms with Crippen LogP contribution in [-0.4, -0.2) is 35.3 Å². The van der Waals surface area contributed by atoms with E-state index in [-0.39, 0.29) is 6.61 Å². The molecule has 0 aromatic carbocycles. The highest BCUT2D eigenvalue weighted by Crippen LogP contribution is 2.12. The van der Waals surface area contributed by atoms with Gasteiger partial charge in [0.1, 0.15) is 0 Å². The van der Waals surface area contributed by atoms with E-state index in [0.717, 1.165) is 12.3 Å². The van der Waals surface area contributed by atoms with Gasteiger partial charge in [0.2, 0.25) is 0 Å². The highest BCUT2D eigenvalue weighted by Gasteiger charge is 2.07. The van der Waals surface area contributed by atoms with Crippen LogP contribution < -0.4 is 5.32 Å². The fourth-order valence-electron chi connectivity index (χ4n) is 1.00. The SMILES string of the molecule is CCCNC(CC)CSC(C)CO. The van der Waals surface area contributed by atoms with Crippen LogP contribution in [0.25, 0.3) is 0 Å². The number of rotatable bonds is 8. The Morgan fingerprint density at radius 1 is 1.38 bits per heavy atom. The van der Waals surface area contributed by atoms with Crippen molar-refractivity contribution in [1.82, 2.24) is 5.32 Å². The zero-order valence-corrected chi connectivity index (χ0v) is 9.86. The van der Waals surface area contributed by atoms with Gasteiger partial charge in [0.15, 0.2) is 0 Å². The second-order valence-corrected chi connectivity index (χ2v) is 4.86. The smallest absolute Gasteiger partial charge is 0.0547 e. The molecular formula is C10H23NOS. The highest BCUT2D eigenvalue weighted by molar-refractivity contribution is 7.99. The quantitative estimate of drug-likeness (QED) is 0.634. The molecule has 0 rings (SSSR count). The van der Waals surface area contributed by atoms with E-state index in [1.54, 1.807) is 0 Å². The minimum Gasteiger partial charge on any atom is -0.395 e. The van der Waals surface area contributed by atoms with E-state index < -0.39 is 0 Å². The minimum atomic E-state index is 0.287. The van der Waals surface area contributed by atoms with Gasteiger partial charge in [0, 0.05) is 17.0 Å². The Labute approximate surface area is 86.5 Å². The summed E-state index contributed by atoms with van der Waals surface area (Å²) >= 11 is 1.85. The van der Waals surface area contributed by atoms with Crippen LogP contribution in [0.15, 0.2) is 0 Å². The first kappa shape index (κ1) is 13.3. The monoisotopic (exact) mass is 205 g/mol. The summed E-state index contributed by atoms with van der Waals surface area (Å²) in [5.41, 5.74) is 0. The molecule has 0 aliphatic heterocycles. The third-order valence-corrected chi connectivity index (χ3v) is 3.33. The van der Waals surface area contributed by atoms with Gasteiger partial charge >= 0.3 is 0 Å². The molecular weight excluding hydrogens is 182 g/mol. The van der Waals surface area contributed by atoms with Gasteiger partial charge in [0.25, 0.3) is 0 Å². The summed E-state index contributed by atoms with van der Waals surface area (Å²) in [5.74, 6) is 1.11. The van der Waals surface area contributed by atoms with Gasteiger partial charge in [-0.1, -0.05) is 20.8 Å². The Kier molecular flexibility index (Phi) is 9.03. The van der Waals surface area contributed by atoms with E-state index in [0.29, 0.717) is 11.3 Å². The number of thioether (sulfide) groups is 1. The molecule has 0 bridgehead atoms. The number of hydrogen-bond donors (Lipinski definition) is 2. The molecule has 2 atom stereocenters. The van der Waals surface area contributed by atoms with Crippen LogP contribution in [0.4, 0.5) is 0 Å². The third kappa shape index (κ3) is 7.35. The molecule has 0 saturated carbocycles. The molecule has 0 radical (unpaired) electrons. The van der Waals surface area contributed by atoms with Gasteiger partial charge in [-0.05, 0) is 19.4 Å². The molecule has 2 nitrogen and oxygen atoms in total. The molecule has 80 valence electrons. The standard InChI is InChI=1S/C10H23NOS/c1-4-6-11-10(5-2)8-13-9(3)7-12/h9-12H,4-8H2,1-3H3. The van der Waals surface area contributed by atoms with E-state index in [1.165, 1.54) is 12.8 Å². The molecule has 0 heterocycles. The number of aliphatic hydroxyl groups excluding tert-OH is 1. The lowest BCUT2D eigenvalue weighted by Crippen LogP contribution is -2.32. The fourth-order valence-corrected chi connectivity index (χ4v) is 2.02. The first-order valence-corrected chi connectivity index (χ1v) is 6.25. The van der Waals surface area contributed by atoms with Crippen LogP contribution in [0.2, 0.25) is 0 Å². The van der Waals surface area contributed by atoms with Gasteiger partial charge in [-0.25, -0.2) is 0 Å². The van der Waals surface area contributed by atoms with Crippen molar-refractivity contribution in [2.45, 2.75) is 44.9 Å². The van der Waals surface area contributed by atoms with E-state index >= 15 is 0 Å². The van der Waals surface area contributed by atoms with Crippen molar-refractivity contribution in [3.63, 3.8) is 0 Å². The van der Waals surface area contributed by atoms with Crippen LogP contribution in [0.5, 0.6) is 0 Å². The molecule has 0 aromatic rings. The largest absolute Gasteiger partial charge is 0.395 e. The molecule has 2 N–H and O–H groups in total. The molecule has 0 spiro atoms. The molecule has 0 fully saturated rings. The topological polar surface area (TPSA) is 32.3 Å². The zero-order chi connectivity index (χ0) is 10.1. The molecule has 13 heavy (non-hydrogen) atoms. The maximum absolute atomic E-state index is 8.86. The van der Waals surface area contributed by atoms with Crippen molar-refractivity contribution in [3.05, 3.63) is 0 Å². The summed E-state index contributed by atoms with van der Waals surface area (Å²) in [6.45, 7) is 7.85. The number of nitrogens with one attached hydrogen (secondary N) is 1. The maximum atomic E-state index is 8.86. The third-order valence-electron chi connectivity index (χ3n) is 2.01. The first-order valence-electron chi connectivity index (χ1n) is 5.20. The van der Waals surface area contributed by atoms with Crippen molar-refractivity contribution >= 4 is 11.8 Å². The Morgan fingerprint density at radius 3 is 2.54 bits per heavy atom. The number of aliphatic hydroxyl groups is 1. The molecule has 0 aromatic heterocycles. The second-order valence-electron chi connectivity index (χ2n) is 3.39. The fraction of sp³-hybridized carbons (Fsp3) is 1.00. The normalized spacial score (nSPS) is 15.7. The minimum absolute atomic E-state index is 0.287. The summed E-state index contributed by atoms with van der Waals surface area (Å²) in [6, 6.07) is 0.610. The van der Waals surface area contributed by atoms with E-state index in [2.05, 4.69) is 26.1 Å². The molecule has 0 aliphatic carbocycles. The van der Waals surface area contributed by atoms with Crippen molar-refractivity contribution in [2.75, 3.05) is 18.9 Å².